The van der Waals surface area contributed by atoms with Gasteiger partial charge in [0, 0.05) is 19.6 Å². The Morgan fingerprint density at radius 1 is 1.08 bits per heavy atom. The van der Waals surface area contributed by atoms with E-state index in [0.29, 0.717) is 0 Å². The van der Waals surface area contributed by atoms with Crippen LogP contribution in [0.4, 0.5) is 0 Å². The largest absolute Gasteiger partial charge is 0.316 e. The van der Waals surface area contributed by atoms with Crippen molar-refractivity contribution in [3.8, 4) is 0 Å². The second-order valence-corrected chi connectivity index (χ2v) is 5.19. The zero-order chi connectivity index (χ0) is 8.67. The molecular weight excluding hydrogens is 160 g/mol. The molecule has 0 bridgehead atoms. The molecule has 0 aromatic rings. The number of hydrogen-bond acceptors (Lipinski definition) is 2. The molecule has 2 nitrogen and oxygen atoms in total. The van der Waals surface area contributed by atoms with Gasteiger partial charge >= 0.3 is 0 Å². The van der Waals surface area contributed by atoms with Crippen molar-refractivity contribution in [1.82, 2.24) is 10.2 Å². The Bertz CT molecular complexity index is 174. The summed E-state index contributed by atoms with van der Waals surface area (Å²) < 4.78 is 0. The van der Waals surface area contributed by atoms with Gasteiger partial charge < -0.3 is 10.2 Å². The van der Waals surface area contributed by atoms with Gasteiger partial charge in [-0.3, -0.25) is 0 Å². The van der Waals surface area contributed by atoms with E-state index in [1.165, 1.54) is 52.0 Å². The topological polar surface area (TPSA) is 15.3 Å². The zero-order valence-electron chi connectivity index (χ0n) is 8.34. The van der Waals surface area contributed by atoms with Gasteiger partial charge in [-0.2, -0.15) is 0 Å². The number of likely N-dealkylation sites (tertiary alicyclic amines) is 1. The summed E-state index contributed by atoms with van der Waals surface area (Å²) in [6.07, 6.45) is 4.50. The van der Waals surface area contributed by atoms with E-state index < -0.39 is 0 Å². The minimum Gasteiger partial charge on any atom is -0.316 e. The lowest BCUT2D eigenvalue weighted by atomic mass is 9.85. The maximum atomic E-state index is 3.50. The second kappa shape index (κ2) is 3.25. The molecule has 0 radical (unpaired) electrons. The molecule has 2 saturated heterocycles. The van der Waals surface area contributed by atoms with Crippen molar-refractivity contribution in [3.63, 3.8) is 0 Å². The van der Waals surface area contributed by atoms with Crippen molar-refractivity contribution < 1.29 is 0 Å². The lowest BCUT2D eigenvalue weighted by Gasteiger charge is -2.30. The highest BCUT2D eigenvalue weighted by Crippen LogP contribution is 2.31. The average molecular weight is 180 g/mol. The van der Waals surface area contributed by atoms with Gasteiger partial charge in [-0.05, 0) is 43.7 Å². The average Bonchev–Trinajstić information content (AvgIpc) is 2.54. The Kier molecular flexibility index (Phi) is 2.06. The van der Waals surface area contributed by atoms with Crippen LogP contribution in [-0.2, 0) is 0 Å². The van der Waals surface area contributed by atoms with Crippen molar-refractivity contribution in [1.29, 1.82) is 0 Å². The Morgan fingerprint density at radius 3 is 2.31 bits per heavy atom. The van der Waals surface area contributed by atoms with E-state index in [2.05, 4.69) is 10.2 Å². The fraction of sp³-hybridized carbons (Fsp3) is 1.00. The zero-order valence-corrected chi connectivity index (χ0v) is 8.34. The predicted octanol–water partition coefficient (Wildman–Crippen LogP) is 0.938. The van der Waals surface area contributed by atoms with Crippen LogP contribution >= 0.6 is 0 Å². The highest BCUT2D eigenvalue weighted by atomic mass is 15.2. The van der Waals surface area contributed by atoms with Gasteiger partial charge in [-0.15, -0.1) is 0 Å². The number of hydrogen-bond donors (Lipinski definition) is 1. The maximum Gasteiger partial charge on any atom is 0.00257 e. The van der Waals surface area contributed by atoms with Gasteiger partial charge in [0.25, 0.3) is 0 Å². The van der Waals surface area contributed by atoms with Gasteiger partial charge in [0.2, 0.25) is 0 Å². The van der Waals surface area contributed by atoms with Crippen LogP contribution in [0.5, 0.6) is 0 Å². The normalized spacial score (nSPS) is 40.6. The first-order chi connectivity index (χ1) is 6.42. The Hall–Kier alpha value is -0.0800. The summed E-state index contributed by atoms with van der Waals surface area (Å²) in [5.41, 5.74) is 0. The molecule has 2 aliphatic heterocycles. The Morgan fingerprint density at radius 2 is 1.77 bits per heavy atom. The van der Waals surface area contributed by atoms with Crippen LogP contribution in [0.15, 0.2) is 0 Å². The van der Waals surface area contributed by atoms with E-state index in [1.807, 2.05) is 0 Å². The first-order valence-corrected chi connectivity index (χ1v) is 5.85. The third-order valence-corrected chi connectivity index (χ3v) is 4.21. The molecule has 3 rings (SSSR count). The van der Waals surface area contributed by atoms with Crippen LogP contribution in [0, 0.1) is 17.8 Å². The first-order valence-electron chi connectivity index (χ1n) is 5.85. The number of fused-ring (bicyclic) bond motifs is 1. The second-order valence-electron chi connectivity index (χ2n) is 5.19. The van der Waals surface area contributed by atoms with Crippen LogP contribution in [0.1, 0.15) is 19.3 Å². The summed E-state index contributed by atoms with van der Waals surface area (Å²) in [5.74, 6) is 3.03. The van der Waals surface area contributed by atoms with Gasteiger partial charge in [0.15, 0.2) is 0 Å². The van der Waals surface area contributed by atoms with Crippen molar-refractivity contribution >= 4 is 0 Å². The van der Waals surface area contributed by atoms with E-state index in [4.69, 9.17) is 0 Å². The predicted molar refractivity (Wildman–Crippen MR) is 53.6 cm³/mol. The third-order valence-electron chi connectivity index (χ3n) is 4.21. The van der Waals surface area contributed by atoms with E-state index >= 15 is 0 Å². The summed E-state index contributed by atoms with van der Waals surface area (Å²) in [5, 5.41) is 3.50. The molecule has 0 amide bonds. The summed E-state index contributed by atoms with van der Waals surface area (Å²) in [6.45, 7) is 6.74. The van der Waals surface area contributed by atoms with Crippen LogP contribution in [0.3, 0.4) is 0 Å². The molecule has 0 unspecified atom stereocenters. The first kappa shape index (κ1) is 8.25. The highest BCUT2D eigenvalue weighted by molar-refractivity contribution is 4.92. The Balaban J connectivity index is 1.51. The van der Waals surface area contributed by atoms with E-state index in [9.17, 15) is 0 Å². The van der Waals surface area contributed by atoms with E-state index in [1.54, 1.807) is 0 Å². The third kappa shape index (κ3) is 1.50. The number of rotatable bonds is 2. The van der Waals surface area contributed by atoms with E-state index in [0.717, 1.165) is 17.8 Å². The highest BCUT2D eigenvalue weighted by Gasteiger charge is 2.36. The van der Waals surface area contributed by atoms with Crippen molar-refractivity contribution in [2.24, 2.45) is 17.8 Å². The summed E-state index contributed by atoms with van der Waals surface area (Å²) in [7, 11) is 0. The lowest BCUT2D eigenvalue weighted by Crippen LogP contribution is -2.33. The molecule has 0 aromatic carbocycles. The minimum atomic E-state index is 0.986. The molecule has 0 spiro atoms. The molecule has 2 heterocycles. The Labute approximate surface area is 80.7 Å². The molecule has 0 aromatic heterocycles. The van der Waals surface area contributed by atoms with Crippen LogP contribution in [0.25, 0.3) is 0 Å². The summed E-state index contributed by atoms with van der Waals surface area (Å²) in [6, 6.07) is 0. The quantitative estimate of drug-likeness (QED) is 0.680. The van der Waals surface area contributed by atoms with Crippen LogP contribution < -0.4 is 5.32 Å². The number of nitrogens with one attached hydrogen (secondary N) is 1. The monoisotopic (exact) mass is 180 g/mol. The molecule has 1 N–H and O–H groups in total. The molecule has 3 aliphatic rings. The SMILES string of the molecule is C1CC(CN2C[C@H]3CNC[C@H]3C2)C1. The van der Waals surface area contributed by atoms with Gasteiger partial charge in [0.05, 0.1) is 0 Å². The van der Waals surface area contributed by atoms with Gasteiger partial charge in [-0.1, -0.05) is 6.42 Å². The van der Waals surface area contributed by atoms with Gasteiger partial charge in [0.1, 0.15) is 0 Å². The van der Waals surface area contributed by atoms with Crippen molar-refractivity contribution in [2.45, 2.75) is 19.3 Å². The minimum absolute atomic E-state index is 0.986. The smallest absolute Gasteiger partial charge is 0.00257 e. The molecule has 1 aliphatic carbocycles. The molecular formula is C11H20N2. The summed E-state index contributed by atoms with van der Waals surface area (Å²) >= 11 is 0. The molecule has 74 valence electrons. The van der Waals surface area contributed by atoms with Gasteiger partial charge in [-0.25, -0.2) is 0 Å². The molecule has 3 fully saturated rings. The van der Waals surface area contributed by atoms with E-state index in [-0.39, 0.29) is 0 Å². The van der Waals surface area contributed by atoms with Crippen LogP contribution in [-0.4, -0.2) is 37.6 Å². The maximum absolute atomic E-state index is 3.50. The molecule has 1 saturated carbocycles. The standard InChI is InChI=1S/C11H20N2/c1-2-9(3-1)6-13-7-10-4-12-5-11(10)8-13/h9-12H,1-8H2/t10-,11+. The molecule has 2 heteroatoms. The fourth-order valence-electron chi connectivity index (χ4n) is 3.14. The molecule has 2 atom stereocenters. The van der Waals surface area contributed by atoms with Crippen molar-refractivity contribution in [2.75, 3.05) is 32.7 Å². The lowest BCUT2D eigenvalue weighted by molar-refractivity contribution is 0.196. The van der Waals surface area contributed by atoms with Crippen molar-refractivity contribution in [3.05, 3.63) is 0 Å². The summed E-state index contributed by atoms with van der Waals surface area (Å²) in [4.78, 5) is 2.72. The fourth-order valence-corrected chi connectivity index (χ4v) is 3.14. The number of nitrogens with zero attached hydrogens (tertiary/aromatic N) is 1. The molecule has 13 heavy (non-hydrogen) atoms. The van der Waals surface area contributed by atoms with Crippen LogP contribution in [0.2, 0.25) is 0 Å².